The Bertz CT molecular complexity index is 2470. The van der Waals surface area contributed by atoms with Crippen molar-refractivity contribution < 1.29 is 33.4 Å². The molecule has 3 atom stereocenters. The van der Waals surface area contributed by atoms with Crippen LogP contribution >= 0.6 is 34.3 Å². The van der Waals surface area contributed by atoms with Crippen LogP contribution in [0.1, 0.15) is 82.7 Å². The molecule has 1 aliphatic carbocycles. The van der Waals surface area contributed by atoms with E-state index in [1.54, 1.807) is 29.1 Å². The van der Waals surface area contributed by atoms with Gasteiger partial charge in [-0.2, -0.15) is 0 Å². The van der Waals surface area contributed by atoms with Crippen LogP contribution in [-0.4, -0.2) is 86.0 Å². The average molecular weight is 960 g/mol. The van der Waals surface area contributed by atoms with Crippen LogP contribution in [0.4, 0.5) is 15.3 Å². The van der Waals surface area contributed by atoms with Crippen molar-refractivity contribution in [1.29, 1.82) is 0 Å². The van der Waals surface area contributed by atoms with Gasteiger partial charge in [-0.1, -0.05) is 68.8 Å². The number of pyridine rings is 1. The minimum atomic E-state index is -0.989. The standard InChI is InChI=1S/C48H56ClFN8O6S2/c1-29-41(66-28-54-29)31-15-13-30(14-16-31)26-53-43(61)36-24-33(59)27-58(36)44(62)42(47(2,3)4)57-39(60)12-7-21-51-45(63)48(25-32-8-5-11-38(55-32)56-46-52-22-23-65-46)19-17-34(18-20-48)64-37-10-6-9-35(49)40(37)50/h5-6,8-11,13-16,22-23,28,33-34,36,42,59H,7,12,17-21,24-27H2,1-4H3,(H,51,63)(H,53,61)(H,57,60)(H,52,55,56)/t33-,34-,36+,42-,48-/m1/s1. The third-order valence-electron chi connectivity index (χ3n) is 12.2. The number of benzene rings is 2. The normalized spacial score (nSPS) is 20.0. The summed E-state index contributed by atoms with van der Waals surface area (Å²) in [5.74, 6) is -1.36. The molecule has 4 amide bonds. The summed E-state index contributed by atoms with van der Waals surface area (Å²) in [6, 6.07) is 16.2. The first-order valence-electron chi connectivity index (χ1n) is 22.1. The highest BCUT2D eigenvalue weighted by Crippen LogP contribution is 2.41. The van der Waals surface area contributed by atoms with Crippen molar-refractivity contribution >= 4 is 68.9 Å². The number of carbonyl (C=O) groups excluding carboxylic acids is 4. The summed E-state index contributed by atoms with van der Waals surface area (Å²) in [4.78, 5) is 71.3. The lowest BCUT2D eigenvalue weighted by Crippen LogP contribution is -2.57. The average Bonchev–Trinajstić information content (AvgIpc) is 4.07. The van der Waals surface area contributed by atoms with E-state index in [2.05, 4.69) is 31.2 Å². The molecule has 2 aliphatic rings. The van der Waals surface area contributed by atoms with Crippen LogP contribution in [0.2, 0.25) is 5.02 Å². The molecule has 66 heavy (non-hydrogen) atoms. The van der Waals surface area contributed by atoms with E-state index >= 15 is 0 Å². The van der Waals surface area contributed by atoms with Gasteiger partial charge in [-0.05, 0) is 79.8 Å². The molecule has 7 rings (SSSR count). The first-order valence-corrected chi connectivity index (χ1v) is 24.3. The zero-order chi connectivity index (χ0) is 47.0. The Morgan fingerprint density at radius 3 is 2.47 bits per heavy atom. The van der Waals surface area contributed by atoms with E-state index in [1.165, 1.54) is 28.4 Å². The highest BCUT2D eigenvalue weighted by atomic mass is 35.5. The molecule has 4 heterocycles. The second kappa shape index (κ2) is 21.4. The number of hydrogen-bond acceptors (Lipinski definition) is 12. The number of rotatable bonds is 17. The monoisotopic (exact) mass is 958 g/mol. The highest BCUT2D eigenvalue weighted by molar-refractivity contribution is 7.13. The van der Waals surface area contributed by atoms with Crippen LogP contribution in [0.25, 0.3) is 10.4 Å². The summed E-state index contributed by atoms with van der Waals surface area (Å²) in [7, 11) is 0. The number of hydrogen-bond donors (Lipinski definition) is 5. The lowest BCUT2D eigenvalue weighted by atomic mass is 9.69. The molecule has 0 radical (unpaired) electrons. The molecule has 0 bridgehead atoms. The lowest BCUT2D eigenvalue weighted by molar-refractivity contribution is -0.144. The highest BCUT2D eigenvalue weighted by Gasteiger charge is 2.45. The molecular weight excluding hydrogens is 903 g/mol. The number of β-amino-alcohol motifs (C(OH)–C–C–N with tert-alkyl or cyclic N) is 1. The Balaban J connectivity index is 0.943. The van der Waals surface area contributed by atoms with Crippen LogP contribution in [0.3, 0.4) is 0 Å². The maximum Gasteiger partial charge on any atom is 0.246 e. The van der Waals surface area contributed by atoms with Gasteiger partial charge in [-0.25, -0.2) is 19.3 Å². The number of thiazole rings is 2. The molecule has 1 saturated heterocycles. The van der Waals surface area contributed by atoms with E-state index in [0.717, 1.165) is 21.7 Å². The molecule has 1 saturated carbocycles. The van der Waals surface area contributed by atoms with Gasteiger partial charge in [0.15, 0.2) is 16.7 Å². The summed E-state index contributed by atoms with van der Waals surface area (Å²) in [6.07, 6.45) is 3.06. The van der Waals surface area contributed by atoms with Gasteiger partial charge in [0.25, 0.3) is 0 Å². The van der Waals surface area contributed by atoms with Gasteiger partial charge in [-0.15, -0.1) is 22.7 Å². The van der Waals surface area contributed by atoms with Gasteiger partial charge < -0.3 is 36.0 Å². The molecule has 5 aromatic rings. The molecule has 2 aromatic carbocycles. The first-order chi connectivity index (χ1) is 31.6. The molecular formula is C48H56ClFN8O6S2. The third kappa shape index (κ3) is 12.1. The Kier molecular flexibility index (Phi) is 15.7. The van der Waals surface area contributed by atoms with Gasteiger partial charge in [0.05, 0.1) is 38.7 Å². The second-order valence-corrected chi connectivity index (χ2v) is 20.3. The molecule has 1 aliphatic heterocycles. The van der Waals surface area contributed by atoms with Gasteiger partial charge >= 0.3 is 0 Å². The van der Waals surface area contributed by atoms with E-state index in [4.69, 9.17) is 21.3 Å². The Morgan fingerprint density at radius 2 is 1.77 bits per heavy atom. The molecule has 0 unspecified atom stereocenters. The fraction of sp³-hybridized carbons (Fsp3) is 0.438. The number of aliphatic hydroxyl groups is 1. The molecule has 5 N–H and O–H groups in total. The number of carbonyl (C=O) groups is 4. The Hall–Kier alpha value is -5.49. The number of nitrogens with zero attached hydrogens (tertiary/aromatic N) is 4. The van der Waals surface area contributed by atoms with E-state index in [0.29, 0.717) is 55.2 Å². The topological polar surface area (TPSA) is 188 Å². The maximum absolute atomic E-state index is 14.7. The largest absolute Gasteiger partial charge is 0.487 e. The predicted molar refractivity (Wildman–Crippen MR) is 254 cm³/mol. The van der Waals surface area contributed by atoms with Crippen LogP contribution in [-0.2, 0) is 32.1 Å². The minimum Gasteiger partial charge on any atom is -0.487 e. The zero-order valence-corrected chi connectivity index (χ0v) is 39.8. The van der Waals surface area contributed by atoms with Crippen molar-refractivity contribution in [3.8, 4) is 16.2 Å². The fourth-order valence-corrected chi connectivity index (χ4v) is 10.1. The van der Waals surface area contributed by atoms with Gasteiger partial charge in [0.1, 0.15) is 17.9 Å². The van der Waals surface area contributed by atoms with E-state index < -0.39 is 40.7 Å². The van der Waals surface area contributed by atoms with Gasteiger partial charge in [0.2, 0.25) is 23.6 Å². The van der Waals surface area contributed by atoms with Crippen LogP contribution in [0, 0.1) is 23.6 Å². The van der Waals surface area contributed by atoms with E-state index in [9.17, 15) is 28.7 Å². The molecule has 0 spiro atoms. The van der Waals surface area contributed by atoms with Crippen molar-refractivity contribution in [3.05, 3.63) is 106 Å². The smallest absolute Gasteiger partial charge is 0.246 e. The third-order valence-corrected chi connectivity index (χ3v) is 14.1. The van der Waals surface area contributed by atoms with E-state index in [1.807, 2.05) is 75.5 Å². The van der Waals surface area contributed by atoms with Gasteiger partial charge in [-0.3, -0.25) is 19.2 Å². The Morgan fingerprint density at radius 1 is 1.02 bits per heavy atom. The van der Waals surface area contributed by atoms with Crippen molar-refractivity contribution in [2.24, 2.45) is 10.8 Å². The SMILES string of the molecule is Cc1ncsc1-c1ccc(CNC(=O)[C@@H]2C[C@@H](O)CN2C(=O)[C@@H](NC(=O)CCCNC(=O)[C@]2(Cc3cccc(Nc4nccs4)n3)CC[C@@H](Oc3cccc(Cl)c3F)CC2)C(C)(C)C)cc1. The van der Waals surface area contributed by atoms with Crippen LogP contribution in [0.15, 0.2) is 77.8 Å². The first kappa shape index (κ1) is 48.4. The number of nitrogens with one attached hydrogen (secondary N) is 4. The number of halogens is 2. The molecule has 2 fully saturated rings. The number of aliphatic hydroxyl groups excluding tert-OH is 1. The van der Waals surface area contributed by atoms with Gasteiger partial charge in [0, 0.05) is 56.2 Å². The molecule has 18 heteroatoms. The molecule has 14 nitrogen and oxygen atoms in total. The van der Waals surface area contributed by atoms with Crippen LogP contribution in [0.5, 0.6) is 5.75 Å². The number of amides is 4. The Labute approximate surface area is 397 Å². The number of ether oxygens (including phenoxy) is 1. The predicted octanol–water partition coefficient (Wildman–Crippen LogP) is 7.76. The number of likely N-dealkylation sites (tertiary alicyclic amines) is 1. The van der Waals surface area contributed by atoms with Crippen molar-refractivity contribution in [2.45, 2.75) is 110 Å². The minimum absolute atomic E-state index is 0.0220. The number of aryl methyl sites for hydroxylation is 1. The molecule has 3 aromatic heterocycles. The van der Waals surface area contributed by atoms with Crippen LogP contribution < -0.4 is 26.0 Å². The fourth-order valence-electron chi connectivity index (χ4n) is 8.54. The summed E-state index contributed by atoms with van der Waals surface area (Å²) >= 11 is 9.02. The summed E-state index contributed by atoms with van der Waals surface area (Å²) in [5.41, 5.74) is 3.79. The number of aromatic nitrogens is 3. The summed E-state index contributed by atoms with van der Waals surface area (Å²) in [6.45, 7) is 7.86. The van der Waals surface area contributed by atoms with Crippen molar-refractivity contribution in [2.75, 3.05) is 18.4 Å². The van der Waals surface area contributed by atoms with Crippen molar-refractivity contribution in [3.63, 3.8) is 0 Å². The van der Waals surface area contributed by atoms with E-state index in [-0.39, 0.29) is 67.1 Å². The quantitative estimate of drug-likeness (QED) is 0.0577. The van der Waals surface area contributed by atoms with Crippen molar-refractivity contribution in [1.82, 2.24) is 35.8 Å². The molecule has 350 valence electrons. The maximum atomic E-state index is 14.7. The zero-order valence-electron chi connectivity index (χ0n) is 37.4. The number of anilines is 2. The summed E-state index contributed by atoms with van der Waals surface area (Å²) in [5, 5.41) is 25.3. The second-order valence-electron chi connectivity index (χ2n) is 18.1. The summed E-state index contributed by atoms with van der Waals surface area (Å²) < 4.78 is 20.8. The lowest BCUT2D eigenvalue weighted by Gasteiger charge is -2.39.